The lowest BCUT2D eigenvalue weighted by Gasteiger charge is -2.35. The van der Waals surface area contributed by atoms with E-state index in [0.717, 1.165) is 0 Å². The normalized spacial score (nSPS) is 22.3. The maximum Gasteiger partial charge on any atom is 0.330 e. The first-order valence-corrected chi connectivity index (χ1v) is 7.11. The molecule has 5 heteroatoms. The molecule has 0 aromatic heterocycles. The Labute approximate surface area is 124 Å². The molecule has 21 heavy (non-hydrogen) atoms. The molecule has 0 spiro atoms. The highest BCUT2D eigenvalue weighted by Crippen LogP contribution is 2.29. The Hall–Kier alpha value is -1.88. The van der Waals surface area contributed by atoms with Crippen molar-refractivity contribution in [1.82, 2.24) is 5.32 Å². The van der Waals surface area contributed by atoms with E-state index in [2.05, 4.69) is 5.32 Å². The Morgan fingerprint density at radius 3 is 2.57 bits per heavy atom. The van der Waals surface area contributed by atoms with E-state index in [9.17, 15) is 14.7 Å². The molecule has 2 N–H and O–H groups in total. The van der Waals surface area contributed by atoms with Crippen LogP contribution in [0.25, 0.3) is 0 Å². The van der Waals surface area contributed by atoms with Crippen LogP contribution in [0.5, 0.6) is 0 Å². The number of hydrogen-bond donors (Lipinski definition) is 2. The monoisotopic (exact) mass is 291 g/mol. The summed E-state index contributed by atoms with van der Waals surface area (Å²) in [6.45, 7) is 4.41. The molecule has 0 aliphatic carbocycles. The third-order valence-corrected chi connectivity index (χ3v) is 3.73. The maximum atomic E-state index is 12.3. The average molecular weight is 291 g/mol. The van der Waals surface area contributed by atoms with Gasteiger partial charge in [0.05, 0.1) is 5.60 Å². The summed E-state index contributed by atoms with van der Waals surface area (Å²) in [7, 11) is 0. The van der Waals surface area contributed by atoms with Gasteiger partial charge in [0.2, 0.25) is 5.91 Å². The van der Waals surface area contributed by atoms with E-state index in [1.54, 1.807) is 24.3 Å². The molecule has 0 saturated carbocycles. The van der Waals surface area contributed by atoms with Crippen LogP contribution in [0.2, 0.25) is 0 Å². The number of ether oxygens (including phenoxy) is 1. The van der Waals surface area contributed by atoms with Crippen molar-refractivity contribution in [3.8, 4) is 0 Å². The van der Waals surface area contributed by atoms with E-state index in [-0.39, 0.29) is 17.4 Å². The summed E-state index contributed by atoms with van der Waals surface area (Å²) in [5.74, 6) is -1.48. The van der Waals surface area contributed by atoms with Crippen molar-refractivity contribution < 1.29 is 19.4 Å². The van der Waals surface area contributed by atoms with E-state index in [1.165, 1.54) is 0 Å². The van der Waals surface area contributed by atoms with Crippen LogP contribution in [-0.2, 0) is 14.3 Å². The highest BCUT2D eigenvalue weighted by molar-refractivity contribution is 5.86. The fourth-order valence-electron chi connectivity index (χ4n) is 2.65. The van der Waals surface area contributed by atoms with Crippen molar-refractivity contribution >= 4 is 11.9 Å². The Kier molecular flexibility index (Phi) is 4.63. The van der Waals surface area contributed by atoms with Gasteiger partial charge in [0.1, 0.15) is 0 Å². The molecular formula is C16H21NO4. The SMILES string of the molecule is CC1(C)CC(C(=O)N[C@H](C(=O)O)c2ccccc2)CCO1. The van der Waals surface area contributed by atoms with Crippen LogP contribution in [0.15, 0.2) is 30.3 Å². The number of rotatable bonds is 4. The minimum Gasteiger partial charge on any atom is -0.479 e. The van der Waals surface area contributed by atoms with Gasteiger partial charge in [-0.1, -0.05) is 30.3 Å². The molecule has 1 aromatic carbocycles. The van der Waals surface area contributed by atoms with Crippen LogP contribution in [0, 0.1) is 5.92 Å². The molecule has 1 fully saturated rings. The minimum absolute atomic E-state index is 0.209. The number of aliphatic carboxylic acids is 1. The summed E-state index contributed by atoms with van der Waals surface area (Å²) in [5.41, 5.74) is 0.232. The van der Waals surface area contributed by atoms with Crippen molar-refractivity contribution in [2.75, 3.05) is 6.61 Å². The second-order valence-electron chi connectivity index (χ2n) is 5.99. The summed E-state index contributed by atoms with van der Waals surface area (Å²) < 4.78 is 5.59. The van der Waals surface area contributed by atoms with E-state index < -0.39 is 12.0 Å². The molecular weight excluding hydrogens is 270 g/mol. The van der Waals surface area contributed by atoms with Crippen LogP contribution < -0.4 is 5.32 Å². The Morgan fingerprint density at radius 1 is 1.33 bits per heavy atom. The fourth-order valence-corrected chi connectivity index (χ4v) is 2.65. The van der Waals surface area contributed by atoms with Gasteiger partial charge in [0, 0.05) is 12.5 Å². The van der Waals surface area contributed by atoms with Crippen LogP contribution in [0.1, 0.15) is 38.3 Å². The zero-order valence-corrected chi connectivity index (χ0v) is 12.3. The number of carbonyl (C=O) groups is 2. The molecule has 1 heterocycles. The highest BCUT2D eigenvalue weighted by atomic mass is 16.5. The predicted molar refractivity (Wildman–Crippen MR) is 77.7 cm³/mol. The van der Waals surface area contributed by atoms with Gasteiger partial charge in [-0.2, -0.15) is 0 Å². The topological polar surface area (TPSA) is 75.6 Å². The van der Waals surface area contributed by atoms with Gasteiger partial charge in [0.15, 0.2) is 6.04 Å². The molecule has 1 saturated heterocycles. The quantitative estimate of drug-likeness (QED) is 0.891. The molecule has 1 aromatic rings. The van der Waals surface area contributed by atoms with Crippen LogP contribution >= 0.6 is 0 Å². The van der Waals surface area contributed by atoms with Gasteiger partial charge in [-0.25, -0.2) is 4.79 Å². The van der Waals surface area contributed by atoms with Crippen LogP contribution in [-0.4, -0.2) is 29.2 Å². The third kappa shape index (κ3) is 4.04. The summed E-state index contributed by atoms with van der Waals surface area (Å²) in [6.07, 6.45) is 1.22. The number of carbonyl (C=O) groups excluding carboxylic acids is 1. The number of amides is 1. The standard InChI is InChI=1S/C16H21NO4/c1-16(2)10-12(8-9-21-16)14(18)17-13(15(19)20)11-6-4-3-5-7-11/h3-7,12-13H,8-10H2,1-2H3,(H,17,18)(H,19,20)/t12?,13-/m0/s1. The van der Waals surface area contributed by atoms with Gasteiger partial charge in [-0.3, -0.25) is 4.79 Å². The number of carboxylic acid groups (broad SMARTS) is 1. The summed E-state index contributed by atoms with van der Waals surface area (Å²) in [6, 6.07) is 7.72. The van der Waals surface area contributed by atoms with Crippen molar-refractivity contribution in [1.29, 1.82) is 0 Å². The first-order chi connectivity index (χ1) is 9.89. The minimum atomic E-state index is -1.05. The van der Waals surface area contributed by atoms with Crippen molar-refractivity contribution in [2.24, 2.45) is 5.92 Å². The van der Waals surface area contributed by atoms with Crippen LogP contribution in [0.4, 0.5) is 0 Å². The summed E-state index contributed by atoms with van der Waals surface area (Å²) in [5, 5.41) is 12.0. The van der Waals surface area contributed by atoms with Gasteiger partial charge < -0.3 is 15.2 Å². The second-order valence-corrected chi connectivity index (χ2v) is 5.99. The van der Waals surface area contributed by atoms with Gasteiger partial charge in [-0.05, 0) is 32.3 Å². The molecule has 1 amide bonds. The molecule has 2 atom stereocenters. The van der Waals surface area contributed by atoms with E-state index in [0.29, 0.717) is 25.0 Å². The van der Waals surface area contributed by atoms with Crippen molar-refractivity contribution in [2.45, 2.75) is 38.3 Å². The largest absolute Gasteiger partial charge is 0.479 e. The Bertz CT molecular complexity index is 512. The average Bonchev–Trinajstić information content (AvgIpc) is 2.44. The molecule has 1 aliphatic rings. The molecule has 0 bridgehead atoms. The molecule has 114 valence electrons. The molecule has 2 rings (SSSR count). The number of nitrogens with one attached hydrogen (secondary N) is 1. The lowest BCUT2D eigenvalue weighted by Crippen LogP contribution is -2.43. The van der Waals surface area contributed by atoms with Gasteiger partial charge >= 0.3 is 5.97 Å². The zero-order chi connectivity index (χ0) is 15.5. The lowest BCUT2D eigenvalue weighted by atomic mass is 9.87. The second kappa shape index (κ2) is 6.26. The van der Waals surface area contributed by atoms with E-state index in [1.807, 2.05) is 19.9 Å². The van der Waals surface area contributed by atoms with E-state index in [4.69, 9.17) is 4.74 Å². The Balaban J connectivity index is 2.07. The fraction of sp³-hybridized carbons (Fsp3) is 0.500. The lowest BCUT2D eigenvalue weighted by molar-refractivity contribution is -0.145. The molecule has 1 aliphatic heterocycles. The maximum absolute atomic E-state index is 12.3. The first kappa shape index (κ1) is 15.5. The first-order valence-electron chi connectivity index (χ1n) is 7.11. The number of hydrogen-bond acceptors (Lipinski definition) is 3. The summed E-state index contributed by atoms with van der Waals surface area (Å²) >= 11 is 0. The van der Waals surface area contributed by atoms with Crippen molar-refractivity contribution in [3.63, 3.8) is 0 Å². The molecule has 5 nitrogen and oxygen atoms in total. The number of benzene rings is 1. The third-order valence-electron chi connectivity index (χ3n) is 3.73. The number of carboxylic acids is 1. The molecule has 0 radical (unpaired) electrons. The Morgan fingerprint density at radius 2 is 2.00 bits per heavy atom. The van der Waals surface area contributed by atoms with Gasteiger partial charge in [-0.15, -0.1) is 0 Å². The van der Waals surface area contributed by atoms with Gasteiger partial charge in [0.25, 0.3) is 0 Å². The zero-order valence-electron chi connectivity index (χ0n) is 12.3. The van der Waals surface area contributed by atoms with Crippen LogP contribution in [0.3, 0.4) is 0 Å². The van der Waals surface area contributed by atoms with E-state index >= 15 is 0 Å². The molecule has 1 unspecified atom stereocenters. The highest BCUT2D eigenvalue weighted by Gasteiger charge is 2.34. The van der Waals surface area contributed by atoms with Crippen molar-refractivity contribution in [3.05, 3.63) is 35.9 Å². The summed E-state index contributed by atoms with van der Waals surface area (Å²) in [4.78, 5) is 23.8. The smallest absolute Gasteiger partial charge is 0.330 e. The predicted octanol–water partition coefficient (Wildman–Crippen LogP) is 2.13.